The van der Waals surface area contributed by atoms with Gasteiger partial charge in [-0.2, -0.15) is 0 Å². The topological polar surface area (TPSA) is 61.8 Å². The lowest BCUT2D eigenvalue weighted by atomic mass is 9.59. The van der Waals surface area contributed by atoms with E-state index in [2.05, 4.69) is 11.3 Å². The fourth-order valence-corrected chi connectivity index (χ4v) is 9.61. The number of esters is 2. The SMILES string of the molecule is C=C(C)C(=O)OC1CC2CC1C1C3CC(C4C5CCC(C5)C34)C21.CCOC(C)OC(C)=O. The van der Waals surface area contributed by atoms with Gasteiger partial charge < -0.3 is 14.2 Å². The van der Waals surface area contributed by atoms with E-state index in [1.165, 1.54) is 26.2 Å². The van der Waals surface area contributed by atoms with Gasteiger partial charge in [-0.25, -0.2) is 4.79 Å². The molecule has 0 aliphatic heterocycles. The lowest BCUT2D eigenvalue weighted by Crippen LogP contribution is -2.44. The van der Waals surface area contributed by atoms with Gasteiger partial charge in [0.1, 0.15) is 6.10 Å². The summed E-state index contributed by atoms with van der Waals surface area (Å²) in [4.78, 5) is 22.2. The Morgan fingerprint density at radius 3 is 2.09 bits per heavy atom. The number of carbonyl (C=O) groups is 2. The van der Waals surface area contributed by atoms with Gasteiger partial charge in [0.05, 0.1) is 0 Å². The van der Waals surface area contributed by atoms with Crippen molar-refractivity contribution < 1.29 is 23.8 Å². The van der Waals surface area contributed by atoms with Crippen LogP contribution in [-0.4, -0.2) is 30.9 Å². The summed E-state index contributed by atoms with van der Waals surface area (Å²) in [6.07, 6.45) is 8.46. The summed E-state index contributed by atoms with van der Waals surface area (Å²) in [6, 6.07) is 0. The second-order valence-corrected chi connectivity index (χ2v) is 11.5. The van der Waals surface area contributed by atoms with E-state index in [0.29, 0.717) is 18.1 Å². The van der Waals surface area contributed by atoms with Crippen LogP contribution < -0.4 is 0 Å². The molecule has 6 saturated carbocycles. The Morgan fingerprint density at radius 1 is 0.875 bits per heavy atom. The van der Waals surface area contributed by atoms with Crippen molar-refractivity contribution in [1.29, 1.82) is 0 Å². The highest BCUT2D eigenvalue weighted by molar-refractivity contribution is 5.87. The largest absolute Gasteiger partial charge is 0.459 e. The molecule has 0 spiro atoms. The van der Waals surface area contributed by atoms with Crippen LogP contribution in [0, 0.1) is 59.2 Å². The van der Waals surface area contributed by atoms with E-state index in [9.17, 15) is 9.59 Å². The Hall–Kier alpha value is -1.36. The Balaban J connectivity index is 0.000000208. The Labute approximate surface area is 192 Å². The van der Waals surface area contributed by atoms with Gasteiger partial charge in [0.2, 0.25) is 0 Å². The molecule has 6 bridgehead atoms. The first kappa shape index (κ1) is 22.4. The zero-order valence-electron chi connectivity index (χ0n) is 20.1. The van der Waals surface area contributed by atoms with Gasteiger partial charge in [-0.05, 0) is 118 Å². The molecule has 0 N–H and O–H groups in total. The summed E-state index contributed by atoms with van der Waals surface area (Å²) in [5.41, 5.74) is 0.561. The molecule has 32 heavy (non-hydrogen) atoms. The molecule has 6 rings (SSSR count). The van der Waals surface area contributed by atoms with Crippen molar-refractivity contribution in [2.75, 3.05) is 6.61 Å². The van der Waals surface area contributed by atoms with E-state index < -0.39 is 6.29 Å². The molecule has 0 aromatic rings. The summed E-state index contributed by atoms with van der Waals surface area (Å²) in [5, 5.41) is 0. The zero-order valence-corrected chi connectivity index (χ0v) is 20.1. The van der Waals surface area contributed by atoms with Crippen LogP contribution >= 0.6 is 0 Å². The van der Waals surface area contributed by atoms with Gasteiger partial charge >= 0.3 is 11.9 Å². The average Bonchev–Trinajstić information content (AvgIpc) is 3.53. The first-order valence-electron chi connectivity index (χ1n) is 12.9. The molecule has 5 heteroatoms. The minimum absolute atomic E-state index is 0.153. The third-order valence-corrected chi connectivity index (χ3v) is 9.98. The first-order valence-corrected chi connectivity index (χ1v) is 12.9. The summed E-state index contributed by atoms with van der Waals surface area (Å²) in [6.45, 7) is 11.0. The van der Waals surface area contributed by atoms with Crippen LogP contribution in [0.25, 0.3) is 0 Å². The van der Waals surface area contributed by atoms with E-state index in [1.807, 2.05) is 6.92 Å². The number of carbonyl (C=O) groups excluding carboxylic acids is 2. The lowest BCUT2D eigenvalue weighted by molar-refractivity contribution is -0.171. The maximum atomic E-state index is 12.0. The minimum atomic E-state index is -0.410. The highest BCUT2D eigenvalue weighted by atomic mass is 16.7. The molecular formula is C27H40O5. The van der Waals surface area contributed by atoms with E-state index in [4.69, 9.17) is 9.47 Å². The second kappa shape index (κ2) is 8.45. The molecule has 0 aromatic heterocycles. The standard InChI is InChI=1S/C21H28O2.C6H12O3/c1-9(2)21(22)23-16-7-12-6-13(16)20-15-8-14(19(12)20)17-10-3-4-11(5-10)18(15)17;1-4-8-6(3)9-5(2)7/h10-20H,1,3-8H2,2H3;6H,4H2,1-3H3. The molecule has 0 heterocycles. The van der Waals surface area contributed by atoms with Crippen molar-refractivity contribution in [3.05, 3.63) is 12.2 Å². The number of ether oxygens (including phenoxy) is 3. The van der Waals surface area contributed by atoms with Crippen LogP contribution in [0.2, 0.25) is 0 Å². The second-order valence-electron chi connectivity index (χ2n) is 11.5. The third-order valence-electron chi connectivity index (χ3n) is 9.98. The van der Waals surface area contributed by atoms with Gasteiger partial charge in [-0.1, -0.05) is 6.58 Å². The molecule has 6 aliphatic rings. The van der Waals surface area contributed by atoms with Crippen molar-refractivity contribution in [3.63, 3.8) is 0 Å². The highest BCUT2D eigenvalue weighted by Crippen LogP contribution is 2.76. The molecule has 6 fully saturated rings. The maximum Gasteiger partial charge on any atom is 0.333 e. The van der Waals surface area contributed by atoms with Crippen LogP contribution in [0.1, 0.15) is 66.2 Å². The maximum absolute atomic E-state index is 12.0. The molecule has 0 saturated heterocycles. The summed E-state index contributed by atoms with van der Waals surface area (Å²) >= 11 is 0. The third kappa shape index (κ3) is 3.54. The van der Waals surface area contributed by atoms with Gasteiger partial charge in [0.15, 0.2) is 6.29 Å². The molecular weight excluding hydrogens is 404 g/mol. The summed E-state index contributed by atoms with van der Waals surface area (Å²) in [7, 11) is 0. The zero-order chi connectivity index (χ0) is 22.7. The van der Waals surface area contributed by atoms with Crippen LogP contribution in [0.5, 0.6) is 0 Å². The van der Waals surface area contributed by atoms with E-state index >= 15 is 0 Å². The molecule has 6 aliphatic carbocycles. The van der Waals surface area contributed by atoms with Gasteiger partial charge in [0.25, 0.3) is 0 Å². The van der Waals surface area contributed by atoms with E-state index in [0.717, 1.165) is 59.7 Å². The van der Waals surface area contributed by atoms with Crippen molar-refractivity contribution in [2.45, 2.75) is 78.6 Å². The molecule has 0 radical (unpaired) electrons. The fraction of sp³-hybridized carbons (Fsp3) is 0.852. The van der Waals surface area contributed by atoms with Gasteiger partial charge in [-0.3, -0.25) is 4.79 Å². The summed E-state index contributed by atoms with van der Waals surface area (Å²) in [5.74, 6) is 9.38. The predicted octanol–water partition coefficient (Wildman–Crippen LogP) is 4.99. The number of fused-ring (bicyclic) bond motifs is 16. The van der Waals surface area contributed by atoms with Gasteiger partial charge in [0, 0.05) is 19.1 Å². The molecule has 12 unspecified atom stereocenters. The van der Waals surface area contributed by atoms with Crippen LogP contribution in [-0.2, 0) is 23.8 Å². The molecule has 12 atom stereocenters. The predicted molar refractivity (Wildman–Crippen MR) is 120 cm³/mol. The van der Waals surface area contributed by atoms with Crippen LogP contribution in [0.4, 0.5) is 0 Å². The number of rotatable bonds is 5. The van der Waals surface area contributed by atoms with Crippen molar-refractivity contribution >= 4 is 11.9 Å². The number of hydrogen-bond donors (Lipinski definition) is 0. The molecule has 0 amide bonds. The average molecular weight is 445 g/mol. The smallest absolute Gasteiger partial charge is 0.333 e. The monoisotopic (exact) mass is 444 g/mol. The quantitative estimate of drug-likeness (QED) is 0.259. The Kier molecular flexibility index (Phi) is 5.92. The fourth-order valence-electron chi connectivity index (χ4n) is 9.61. The van der Waals surface area contributed by atoms with E-state index in [-0.39, 0.29) is 18.0 Å². The number of hydrogen-bond acceptors (Lipinski definition) is 5. The lowest BCUT2D eigenvalue weighted by Gasteiger charge is -2.46. The normalized spacial score (nSPS) is 46.8. The molecule has 178 valence electrons. The molecule has 5 nitrogen and oxygen atoms in total. The van der Waals surface area contributed by atoms with Crippen molar-refractivity contribution in [2.24, 2.45) is 59.2 Å². The van der Waals surface area contributed by atoms with Crippen molar-refractivity contribution in [1.82, 2.24) is 0 Å². The minimum Gasteiger partial charge on any atom is -0.459 e. The van der Waals surface area contributed by atoms with Crippen LogP contribution in [0.3, 0.4) is 0 Å². The Morgan fingerprint density at radius 2 is 1.50 bits per heavy atom. The van der Waals surface area contributed by atoms with E-state index in [1.54, 1.807) is 26.7 Å². The van der Waals surface area contributed by atoms with Crippen molar-refractivity contribution in [3.8, 4) is 0 Å². The summed E-state index contributed by atoms with van der Waals surface area (Å²) < 4.78 is 15.4. The Bertz CT molecular complexity index is 776. The highest BCUT2D eigenvalue weighted by Gasteiger charge is 2.71. The van der Waals surface area contributed by atoms with Gasteiger partial charge in [-0.15, -0.1) is 0 Å². The van der Waals surface area contributed by atoms with Crippen LogP contribution in [0.15, 0.2) is 12.2 Å². The molecule has 0 aromatic carbocycles. The first-order chi connectivity index (χ1) is 15.3.